The van der Waals surface area contributed by atoms with Crippen LogP contribution in [-0.2, 0) is 4.79 Å². The molecular weight excluding hydrogens is 202 g/mol. The molecule has 0 aromatic heterocycles. The van der Waals surface area contributed by atoms with Crippen LogP contribution in [0.1, 0.15) is 39.0 Å². The largest absolute Gasteiger partial charge is 0.550 e. The Hall–Kier alpha value is -1.35. The highest BCUT2D eigenvalue weighted by Crippen LogP contribution is 2.00. The fraction of sp³-hybridized carbons (Fsp3) is 0.462. The Balaban J connectivity index is 0.000000288. The van der Waals surface area contributed by atoms with Crippen LogP contribution in [0.25, 0.3) is 0 Å². The highest BCUT2D eigenvalue weighted by Gasteiger charge is 1.86. The van der Waals surface area contributed by atoms with Crippen molar-refractivity contribution in [2.45, 2.75) is 39.0 Å². The molecule has 1 aromatic rings. The van der Waals surface area contributed by atoms with Gasteiger partial charge in [-0.1, -0.05) is 44.4 Å². The number of rotatable bonds is 5. The van der Waals surface area contributed by atoms with E-state index in [1.54, 1.807) is 0 Å². The highest BCUT2D eigenvalue weighted by molar-refractivity contribution is 5.63. The number of carbonyl (C=O) groups is 1. The van der Waals surface area contributed by atoms with E-state index in [9.17, 15) is 9.90 Å². The Labute approximate surface area is 97.3 Å². The summed E-state index contributed by atoms with van der Waals surface area (Å²) in [6.45, 7) is 2.10. The van der Waals surface area contributed by atoms with Crippen molar-refractivity contribution in [3.05, 3.63) is 30.3 Å². The molecule has 3 N–H and O–H groups in total. The molecule has 1 rings (SSSR count). The number of benzene rings is 1. The van der Waals surface area contributed by atoms with E-state index in [0.29, 0.717) is 0 Å². The average Bonchev–Trinajstić information content (AvgIpc) is 2.26. The number of carboxylic acids is 1. The summed E-state index contributed by atoms with van der Waals surface area (Å²) in [6.07, 6.45) is 4.29. The van der Waals surface area contributed by atoms with E-state index in [1.165, 1.54) is 0 Å². The molecule has 16 heavy (non-hydrogen) atoms. The predicted molar refractivity (Wildman–Crippen MR) is 62.8 cm³/mol. The molecule has 0 radical (unpaired) electrons. The van der Waals surface area contributed by atoms with Crippen LogP contribution in [0, 0.1) is 0 Å². The molecule has 0 aliphatic heterocycles. The van der Waals surface area contributed by atoms with E-state index in [-0.39, 0.29) is 6.42 Å². The summed E-state index contributed by atoms with van der Waals surface area (Å²) < 4.78 is 0. The average molecular weight is 223 g/mol. The second-order valence-corrected chi connectivity index (χ2v) is 3.67. The monoisotopic (exact) mass is 223 g/mol. The maximum atomic E-state index is 9.85. The van der Waals surface area contributed by atoms with E-state index >= 15 is 0 Å². The van der Waals surface area contributed by atoms with Crippen LogP contribution < -0.4 is 10.8 Å². The predicted octanol–water partition coefficient (Wildman–Crippen LogP) is 1.27. The van der Waals surface area contributed by atoms with Crippen LogP contribution in [0.2, 0.25) is 0 Å². The SMILES string of the molecule is CCCCCCC(=O)[O-].[NH3+]c1ccccc1. The summed E-state index contributed by atoms with van der Waals surface area (Å²) in [6, 6.07) is 9.87. The molecular formula is C13H21NO2. The zero-order valence-electron chi connectivity index (χ0n) is 9.95. The van der Waals surface area contributed by atoms with Gasteiger partial charge in [0.25, 0.3) is 0 Å². The van der Waals surface area contributed by atoms with Gasteiger partial charge in [-0.2, -0.15) is 0 Å². The van der Waals surface area contributed by atoms with Gasteiger partial charge in [0.2, 0.25) is 0 Å². The topological polar surface area (TPSA) is 67.8 Å². The van der Waals surface area contributed by atoms with Gasteiger partial charge in [-0.15, -0.1) is 0 Å². The van der Waals surface area contributed by atoms with Crippen molar-refractivity contribution < 1.29 is 15.6 Å². The lowest BCUT2D eigenvalue weighted by Gasteiger charge is -1.99. The molecule has 1 aromatic carbocycles. The van der Waals surface area contributed by atoms with E-state index in [1.807, 2.05) is 30.3 Å². The molecule has 0 aliphatic carbocycles. The van der Waals surface area contributed by atoms with Gasteiger partial charge in [0.1, 0.15) is 5.69 Å². The molecule has 0 unspecified atom stereocenters. The third kappa shape index (κ3) is 10.7. The number of unbranched alkanes of at least 4 members (excludes halogenated alkanes) is 3. The number of hydrogen-bond donors (Lipinski definition) is 1. The van der Waals surface area contributed by atoms with Gasteiger partial charge in [-0.05, 0) is 25.0 Å². The normalized spacial score (nSPS) is 9.12. The van der Waals surface area contributed by atoms with Gasteiger partial charge in [0.05, 0.1) is 0 Å². The Kier molecular flexibility index (Phi) is 9.32. The minimum Gasteiger partial charge on any atom is -0.550 e. The number of aliphatic carboxylic acids is 1. The first-order valence-electron chi connectivity index (χ1n) is 5.73. The van der Waals surface area contributed by atoms with Crippen LogP contribution in [0.4, 0.5) is 5.69 Å². The standard InChI is InChI=1S/C7H14O2.C6H7N/c1-2-3-4-5-6-7(8)9;7-6-4-2-1-3-5-6/h2-6H2,1H3,(H,8,9);1-5H,7H2. The van der Waals surface area contributed by atoms with Crippen molar-refractivity contribution in [3.8, 4) is 0 Å². The minimum atomic E-state index is -0.925. The molecule has 0 bridgehead atoms. The molecule has 0 aliphatic rings. The molecule has 3 nitrogen and oxygen atoms in total. The zero-order valence-corrected chi connectivity index (χ0v) is 9.95. The summed E-state index contributed by atoms with van der Waals surface area (Å²) in [5.41, 5.74) is 4.79. The van der Waals surface area contributed by atoms with Gasteiger partial charge >= 0.3 is 0 Å². The van der Waals surface area contributed by atoms with Gasteiger partial charge < -0.3 is 15.6 Å². The van der Waals surface area contributed by atoms with E-state index in [0.717, 1.165) is 31.4 Å². The van der Waals surface area contributed by atoms with E-state index < -0.39 is 5.97 Å². The molecule has 0 saturated carbocycles. The molecule has 0 atom stereocenters. The summed E-state index contributed by atoms with van der Waals surface area (Å²) in [4.78, 5) is 9.85. The Morgan fingerprint density at radius 1 is 1.19 bits per heavy atom. The molecule has 0 heterocycles. The smallest absolute Gasteiger partial charge is 0.127 e. The fourth-order valence-corrected chi connectivity index (χ4v) is 1.17. The first-order valence-corrected chi connectivity index (χ1v) is 5.73. The Bertz CT molecular complexity index is 273. The van der Waals surface area contributed by atoms with Gasteiger partial charge in [-0.25, -0.2) is 0 Å². The van der Waals surface area contributed by atoms with Crippen molar-refractivity contribution >= 4 is 11.7 Å². The lowest BCUT2D eigenvalue weighted by molar-refractivity contribution is -0.305. The number of quaternary nitrogens is 1. The third-order valence-corrected chi connectivity index (χ3v) is 2.08. The lowest BCUT2D eigenvalue weighted by Crippen LogP contribution is -2.39. The lowest BCUT2D eigenvalue weighted by atomic mass is 10.2. The van der Waals surface area contributed by atoms with Crippen molar-refractivity contribution in [3.63, 3.8) is 0 Å². The molecule has 3 heteroatoms. The van der Waals surface area contributed by atoms with Gasteiger partial charge in [0.15, 0.2) is 0 Å². The second kappa shape index (κ2) is 10.2. The van der Waals surface area contributed by atoms with Crippen molar-refractivity contribution in [2.75, 3.05) is 0 Å². The summed E-state index contributed by atoms with van der Waals surface area (Å²) in [5.74, 6) is -0.925. The van der Waals surface area contributed by atoms with Crippen molar-refractivity contribution in [1.82, 2.24) is 0 Å². The molecule has 0 saturated heterocycles. The third-order valence-electron chi connectivity index (χ3n) is 2.08. The molecule has 90 valence electrons. The maximum Gasteiger partial charge on any atom is 0.127 e. The Morgan fingerprint density at radius 3 is 2.19 bits per heavy atom. The van der Waals surface area contributed by atoms with Crippen molar-refractivity contribution in [1.29, 1.82) is 0 Å². The second-order valence-electron chi connectivity index (χ2n) is 3.67. The molecule has 0 fully saturated rings. The van der Waals surface area contributed by atoms with Crippen molar-refractivity contribution in [2.24, 2.45) is 0 Å². The van der Waals surface area contributed by atoms with Crippen LogP contribution in [-0.4, -0.2) is 5.97 Å². The number of carboxylic acid groups (broad SMARTS) is 1. The highest BCUT2D eigenvalue weighted by atomic mass is 16.4. The fourth-order valence-electron chi connectivity index (χ4n) is 1.17. The van der Waals surface area contributed by atoms with Gasteiger partial charge in [0, 0.05) is 5.97 Å². The molecule has 0 amide bonds. The zero-order chi connectivity index (χ0) is 12.2. The maximum absolute atomic E-state index is 9.85. The first-order chi connectivity index (χ1) is 7.66. The van der Waals surface area contributed by atoms with Crippen LogP contribution >= 0.6 is 0 Å². The summed E-state index contributed by atoms with van der Waals surface area (Å²) >= 11 is 0. The molecule has 0 spiro atoms. The van der Waals surface area contributed by atoms with E-state index in [2.05, 4.69) is 12.7 Å². The summed E-state index contributed by atoms with van der Waals surface area (Å²) in [7, 11) is 0. The number of hydrogen-bond acceptors (Lipinski definition) is 2. The van der Waals surface area contributed by atoms with Crippen LogP contribution in [0.5, 0.6) is 0 Å². The first kappa shape index (κ1) is 14.6. The summed E-state index contributed by atoms with van der Waals surface area (Å²) in [5, 5.41) is 9.85. The van der Waals surface area contributed by atoms with Crippen LogP contribution in [0.3, 0.4) is 0 Å². The van der Waals surface area contributed by atoms with Gasteiger partial charge in [-0.3, -0.25) is 0 Å². The quantitative estimate of drug-likeness (QED) is 0.764. The van der Waals surface area contributed by atoms with Crippen LogP contribution in [0.15, 0.2) is 30.3 Å². The Morgan fingerprint density at radius 2 is 1.81 bits per heavy atom. The number of carbonyl (C=O) groups excluding carboxylic acids is 1. The van der Waals surface area contributed by atoms with E-state index in [4.69, 9.17) is 0 Å². The minimum absolute atomic E-state index is 0.222.